The molecule has 4 nitrogen and oxygen atoms in total. The zero-order valence-electron chi connectivity index (χ0n) is 10.9. The average molecular weight is 236 g/mol. The second kappa shape index (κ2) is 6.25. The molecule has 0 radical (unpaired) electrons. The Hall–Kier alpha value is -1.55. The molecule has 0 aromatic heterocycles. The van der Waals surface area contributed by atoms with Gasteiger partial charge in [0.15, 0.2) is 0 Å². The minimum absolute atomic E-state index is 0.00963. The topological polar surface area (TPSA) is 50.4 Å². The van der Waals surface area contributed by atoms with E-state index in [4.69, 9.17) is 4.74 Å². The quantitative estimate of drug-likeness (QED) is 0.820. The van der Waals surface area contributed by atoms with E-state index < -0.39 is 0 Å². The average Bonchev–Trinajstić information content (AvgIpc) is 2.29. The van der Waals surface area contributed by atoms with Gasteiger partial charge in [0.25, 0.3) is 0 Å². The molecule has 0 aliphatic carbocycles. The van der Waals surface area contributed by atoms with Crippen LogP contribution in [0.5, 0.6) is 5.75 Å². The molecule has 0 saturated carbocycles. The Balaban J connectivity index is 2.86. The molecule has 1 amide bonds. The van der Waals surface area contributed by atoms with Crippen molar-refractivity contribution in [3.05, 3.63) is 23.3 Å². The molecule has 0 fully saturated rings. The highest BCUT2D eigenvalue weighted by Crippen LogP contribution is 2.29. The molecule has 17 heavy (non-hydrogen) atoms. The lowest BCUT2D eigenvalue weighted by molar-refractivity contribution is -0.116. The molecule has 1 aromatic rings. The largest absolute Gasteiger partial charge is 0.495 e. The van der Waals surface area contributed by atoms with Gasteiger partial charge >= 0.3 is 0 Å². The Kier molecular flexibility index (Phi) is 4.97. The summed E-state index contributed by atoms with van der Waals surface area (Å²) in [5.74, 6) is 0.699. The van der Waals surface area contributed by atoms with Crippen LogP contribution in [0.3, 0.4) is 0 Å². The van der Waals surface area contributed by atoms with Crippen molar-refractivity contribution in [1.29, 1.82) is 0 Å². The maximum absolute atomic E-state index is 11.7. The standard InChI is InChI=1S/C13H20N2O2/c1-9-7-10(2)13(11(8-9)17-4)15-12(16)5-6-14-3/h7-8,14H,5-6H2,1-4H3,(H,15,16). The lowest BCUT2D eigenvalue weighted by Gasteiger charge is -2.14. The summed E-state index contributed by atoms with van der Waals surface area (Å²) in [6.07, 6.45) is 0.451. The van der Waals surface area contributed by atoms with Crippen LogP contribution in [0, 0.1) is 13.8 Å². The molecule has 0 aliphatic heterocycles. The lowest BCUT2D eigenvalue weighted by Crippen LogP contribution is -2.19. The molecule has 0 heterocycles. The summed E-state index contributed by atoms with van der Waals surface area (Å²) in [7, 11) is 3.43. The van der Waals surface area contributed by atoms with E-state index in [0.29, 0.717) is 18.7 Å². The summed E-state index contributed by atoms with van der Waals surface area (Å²) in [5, 5.41) is 5.83. The van der Waals surface area contributed by atoms with Crippen molar-refractivity contribution < 1.29 is 9.53 Å². The maximum atomic E-state index is 11.7. The number of hydrogen-bond acceptors (Lipinski definition) is 3. The number of methoxy groups -OCH3 is 1. The molecule has 4 heteroatoms. The Bertz CT molecular complexity index is 403. The minimum atomic E-state index is -0.00963. The first-order chi connectivity index (χ1) is 8.08. The zero-order valence-corrected chi connectivity index (χ0v) is 10.9. The third-order valence-electron chi connectivity index (χ3n) is 2.53. The van der Waals surface area contributed by atoms with Gasteiger partial charge in [0.05, 0.1) is 12.8 Å². The SMILES string of the molecule is CNCCC(=O)Nc1c(C)cc(C)cc1OC. The third kappa shape index (κ3) is 3.75. The van der Waals surface area contributed by atoms with E-state index in [1.54, 1.807) is 7.11 Å². The number of carbonyl (C=O) groups excluding carboxylic acids is 1. The van der Waals surface area contributed by atoms with Crippen LogP contribution in [-0.2, 0) is 4.79 Å². The van der Waals surface area contributed by atoms with E-state index in [1.165, 1.54) is 0 Å². The fraction of sp³-hybridized carbons (Fsp3) is 0.462. The van der Waals surface area contributed by atoms with Crippen molar-refractivity contribution in [2.45, 2.75) is 20.3 Å². The molecular weight excluding hydrogens is 216 g/mol. The number of rotatable bonds is 5. The highest BCUT2D eigenvalue weighted by atomic mass is 16.5. The van der Waals surface area contributed by atoms with Crippen molar-refractivity contribution in [3.63, 3.8) is 0 Å². The molecule has 0 spiro atoms. The van der Waals surface area contributed by atoms with E-state index in [0.717, 1.165) is 16.8 Å². The van der Waals surface area contributed by atoms with Crippen molar-refractivity contribution in [2.24, 2.45) is 0 Å². The number of anilines is 1. The van der Waals surface area contributed by atoms with E-state index in [-0.39, 0.29) is 5.91 Å². The Morgan fingerprint density at radius 3 is 2.65 bits per heavy atom. The van der Waals surface area contributed by atoms with Crippen LogP contribution in [0.2, 0.25) is 0 Å². The summed E-state index contributed by atoms with van der Waals surface area (Å²) in [5.41, 5.74) is 2.89. The van der Waals surface area contributed by atoms with Crippen LogP contribution in [0.1, 0.15) is 17.5 Å². The molecule has 0 aliphatic rings. The number of carbonyl (C=O) groups is 1. The van der Waals surface area contributed by atoms with Gasteiger partial charge < -0.3 is 15.4 Å². The Labute approximate surface area is 102 Å². The zero-order chi connectivity index (χ0) is 12.8. The van der Waals surface area contributed by atoms with Crippen LogP contribution in [0.25, 0.3) is 0 Å². The monoisotopic (exact) mass is 236 g/mol. The van der Waals surface area contributed by atoms with Crippen LogP contribution in [0.4, 0.5) is 5.69 Å². The molecule has 0 saturated heterocycles. The molecule has 0 bridgehead atoms. The normalized spacial score (nSPS) is 10.1. The van der Waals surface area contributed by atoms with Crippen molar-refractivity contribution in [2.75, 3.05) is 26.0 Å². The molecule has 94 valence electrons. The number of amides is 1. The predicted octanol–water partition coefficient (Wildman–Crippen LogP) is 1.86. The van der Waals surface area contributed by atoms with Crippen LogP contribution in [0.15, 0.2) is 12.1 Å². The molecule has 0 unspecified atom stereocenters. The lowest BCUT2D eigenvalue weighted by atomic mass is 10.1. The third-order valence-corrected chi connectivity index (χ3v) is 2.53. The van der Waals surface area contributed by atoms with Crippen LogP contribution in [-0.4, -0.2) is 26.6 Å². The highest BCUT2D eigenvalue weighted by molar-refractivity contribution is 5.93. The van der Waals surface area contributed by atoms with Gasteiger partial charge in [-0.1, -0.05) is 6.07 Å². The van der Waals surface area contributed by atoms with Gasteiger partial charge in [-0.2, -0.15) is 0 Å². The first-order valence-electron chi connectivity index (χ1n) is 5.68. The molecular formula is C13H20N2O2. The fourth-order valence-electron chi connectivity index (χ4n) is 1.69. The maximum Gasteiger partial charge on any atom is 0.225 e. The minimum Gasteiger partial charge on any atom is -0.495 e. The summed E-state index contributed by atoms with van der Waals surface area (Å²) in [6, 6.07) is 3.94. The fourth-order valence-corrected chi connectivity index (χ4v) is 1.69. The van der Waals surface area contributed by atoms with Gasteiger partial charge in [-0.3, -0.25) is 4.79 Å². The molecule has 1 rings (SSSR count). The van der Waals surface area contributed by atoms with E-state index in [1.807, 2.05) is 33.0 Å². The number of benzene rings is 1. The van der Waals surface area contributed by atoms with E-state index in [2.05, 4.69) is 10.6 Å². The first-order valence-corrected chi connectivity index (χ1v) is 5.68. The van der Waals surface area contributed by atoms with Gasteiger partial charge in [0.2, 0.25) is 5.91 Å². The first kappa shape index (κ1) is 13.5. The predicted molar refractivity (Wildman–Crippen MR) is 69.6 cm³/mol. The van der Waals surface area contributed by atoms with Crippen molar-refractivity contribution >= 4 is 11.6 Å². The van der Waals surface area contributed by atoms with Crippen molar-refractivity contribution in [3.8, 4) is 5.75 Å². The highest BCUT2D eigenvalue weighted by Gasteiger charge is 2.10. The molecule has 2 N–H and O–H groups in total. The number of hydrogen-bond donors (Lipinski definition) is 2. The van der Waals surface area contributed by atoms with Gasteiger partial charge in [0.1, 0.15) is 5.75 Å². The Morgan fingerprint density at radius 2 is 2.06 bits per heavy atom. The number of aryl methyl sites for hydroxylation is 2. The van der Waals surface area contributed by atoms with Crippen LogP contribution >= 0.6 is 0 Å². The van der Waals surface area contributed by atoms with Gasteiger partial charge in [-0.05, 0) is 38.1 Å². The summed E-state index contributed by atoms with van der Waals surface area (Å²) >= 11 is 0. The van der Waals surface area contributed by atoms with E-state index >= 15 is 0 Å². The van der Waals surface area contributed by atoms with Gasteiger partial charge in [-0.15, -0.1) is 0 Å². The summed E-state index contributed by atoms with van der Waals surface area (Å²) in [6.45, 7) is 4.63. The second-order valence-electron chi connectivity index (χ2n) is 4.06. The Morgan fingerprint density at radius 1 is 1.35 bits per heavy atom. The number of ether oxygens (including phenoxy) is 1. The van der Waals surface area contributed by atoms with Gasteiger partial charge in [-0.25, -0.2) is 0 Å². The smallest absolute Gasteiger partial charge is 0.225 e. The van der Waals surface area contributed by atoms with E-state index in [9.17, 15) is 4.79 Å². The summed E-state index contributed by atoms with van der Waals surface area (Å²) in [4.78, 5) is 11.7. The van der Waals surface area contributed by atoms with Gasteiger partial charge in [0, 0.05) is 13.0 Å². The summed E-state index contributed by atoms with van der Waals surface area (Å²) < 4.78 is 5.28. The second-order valence-corrected chi connectivity index (χ2v) is 4.06. The molecule has 0 atom stereocenters. The van der Waals surface area contributed by atoms with Crippen LogP contribution < -0.4 is 15.4 Å². The molecule has 1 aromatic carbocycles. The number of nitrogens with one attached hydrogen (secondary N) is 2. The van der Waals surface area contributed by atoms with Crippen molar-refractivity contribution in [1.82, 2.24) is 5.32 Å².